The van der Waals surface area contributed by atoms with Gasteiger partial charge in [-0.15, -0.1) is 0 Å². The van der Waals surface area contributed by atoms with Gasteiger partial charge in [0.15, 0.2) is 5.96 Å². The van der Waals surface area contributed by atoms with Gasteiger partial charge < -0.3 is 20.3 Å². The van der Waals surface area contributed by atoms with Gasteiger partial charge in [-0.2, -0.15) is 5.10 Å². The van der Waals surface area contributed by atoms with Crippen molar-refractivity contribution in [1.82, 2.24) is 20.0 Å². The van der Waals surface area contributed by atoms with E-state index in [1.54, 1.807) is 0 Å². The molecule has 2 aliphatic rings. The summed E-state index contributed by atoms with van der Waals surface area (Å²) in [5, 5.41) is 10.7. The maximum Gasteiger partial charge on any atom is 0.253 e. The molecule has 166 valence electrons. The Labute approximate surface area is 183 Å². The van der Waals surface area contributed by atoms with E-state index in [1.807, 2.05) is 42.2 Å². The Bertz CT molecular complexity index is 918. The molecule has 0 aliphatic carbocycles. The van der Waals surface area contributed by atoms with E-state index in [2.05, 4.69) is 33.8 Å². The number of carbonyl (C=O) groups excluding carboxylic acids is 1. The highest BCUT2D eigenvalue weighted by Crippen LogP contribution is 2.26. The maximum absolute atomic E-state index is 12.3. The number of nitrogens with one attached hydrogen (secondary N) is 2. The summed E-state index contributed by atoms with van der Waals surface area (Å²) in [6.07, 6.45) is 6.57. The summed E-state index contributed by atoms with van der Waals surface area (Å²) in [6.45, 7) is 6.05. The zero-order chi connectivity index (χ0) is 21.6. The van der Waals surface area contributed by atoms with Crippen LogP contribution in [0.15, 0.2) is 41.7 Å². The standard InChI is InChI=1S/C23H32N6O2/c1-3-24-23(29-10-9-18(16-29)19-14-26-28(2)15-19)25-13-17-6-4-7-20(12-17)27-22(30)21-8-5-11-31-21/h4,6-7,12,14-15,18,21H,3,5,8-11,13,16H2,1-2H3,(H,24,25)(H,27,30). The second-order valence-corrected chi connectivity index (χ2v) is 8.24. The minimum absolute atomic E-state index is 0.0648. The van der Waals surface area contributed by atoms with Crippen molar-refractivity contribution < 1.29 is 9.53 Å². The first-order valence-corrected chi connectivity index (χ1v) is 11.2. The Morgan fingerprint density at radius 1 is 1.35 bits per heavy atom. The first-order valence-electron chi connectivity index (χ1n) is 11.2. The molecule has 0 radical (unpaired) electrons. The van der Waals surface area contributed by atoms with Gasteiger partial charge in [0.25, 0.3) is 5.91 Å². The number of hydrogen-bond donors (Lipinski definition) is 2. The molecule has 0 saturated carbocycles. The Kier molecular flexibility index (Phi) is 6.86. The monoisotopic (exact) mass is 424 g/mol. The molecule has 8 heteroatoms. The summed E-state index contributed by atoms with van der Waals surface area (Å²) in [4.78, 5) is 19.5. The SMILES string of the molecule is CCNC(=NCc1cccc(NC(=O)C2CCCO2)c1)N1CCC(c2cnn(C)c2)C1. The Morgan fingerprint density at radius 2 is 2.26 bits per heavy atom. The molecule has 2 aromatic rings. The van der Waals surface area contributed by atoms with Gasteiger partial charge in [0.1, 0.15) is 6.10 Å². The van der Waals surface area contributed by atoms with E-state index in [4.69, 9.17) is 9.73 Å². The molecule has 2 N–H and O–H groups in total. The number of benzene rings is 1. The predicted molar refractivity (Wildman–Crippen MR) is 121 cm³/mol. The third-order valence-electron chi connectivity index (χ3n) is 5.85. The van der Waals surface area contributed by atoms with Gasteiger partial charge >= 0.3 is 0 Å². The molecule has 2 saturated heterocycles. The maximum atomic E-state index is 12.3. The Hall–Kier alpha value is -2.87. The molecule has 1 aromatic heterocycles. The van der Waals surface area contributed by atoms with Gasteiger partial charge in [-0.25, -0.2) is 4.99 Å². The number of aromatic nitrogens is 2. The Balaban J connectivity index is 1.38. The fourth-order valence-corrected chi connectivity index (χ4v) is 4.22. The highest BCUT2D eigenvalue weighted by atomic mass is 16.5. The van der Waals surface area contributed by atoms with Crippen LogP contribution in [0.3, 0.4) is 0 Å². The largest absolute Gasteiger partial charge is 0.368 e. The van der Waals surface area contributed by atoms with Crippen LogP contribution in [0.5, 0.6) is 0 Å². The average Bonchev–Trinajstić information content (AvgIpc) is 3.52. The molecular formula is C23H32N6O2. The van der Waals surface area contributed by atoms with Crippen LogP contribution in [-0.2, 0) is 23.1 Å². The van der Waals surface area contributed by atoms with Crippen LogP contribution in [0, 0.1) is 0 Å². The van der Waals surface area contributed by atoms with E-state index < -0.39 is 0 Å². The molecule has 2 unspecified atom stereocenters. The van der Waals surface area contributed by atoms with Gasteiger partial charge in [-0.3, -0.25) is 9.48 Å². The topological polar surface area (TPSA) is 83.8 Å². The number of hydrogen-bond acceptors (Lipinski definition) is 4. The van der Waals surface area contributed by atoms with Gasteiger partial charge in [-0.05, 0) is 49.4 Å². The van der Waals surface area contributed by atoms with Crippen molar-refractivity contribution in [3.05, 3.63) is 47.8 Å². The van der Waals surface area contributed by atoms with Gasteiger partial charge in [0, 0.05) is 51.1 Å². The highest BCUT2D eigenvalue weighted by molar-refractivity contribution is 5.94. The number of aliphatic imine (C=N–C) groups is 1. The van der Waals surface area contributed by atoms with Gasteiger partial charge in [0.05, 0.1) is 12.7 Å². The van der Waals surface area contributed by atoms with Gasteiger partial charge in [-0.1, -0.05) is 12.1 Å². The van der Waals surface area contributed by atoms with Crippen molar-refractivity contribution >= 4 is 17.6 Å². The van der Waals surface area contributed by atoms with Crippen molar-refractivity contribution in [3.63, 3.8) is 0 Å². The lowest BCUT2D eigenvalue weighted by Gasteiger charge is -2.21. The van der Waals surface area contributed by atoms with Crippen LogP contribution in [0.4, 0.5) is 5.69 Å². The first kappa shape index (κ1) is 21.4. The number of rotatable bonds is 6. The summed E-state index contributed by atoms with van der Waals surface area (Å²) in [5.74, 6) is 1.35. The van der Waals surface area contributed by atoms with E-state index in [9.17, 15) is 4.79 Å². The normalized spacial score (nSPS) is 21.5. The Morgan fingerprint density at radius 3 is 3.00 bits per heavy atom. The van der Waals surface area contributed by atoms with Crippen molar-refractivity contribution in [2.24, 2.45) is 12.0 Å². The average molecular weight is 425 g/mol. The second kappa shape index (κ2) is 9.96. The minimum Gasteiger partial charge on any atom is -0.368 e. The van der Waals surface area contributed by atoms with E-state index in [0.29, 0.717) is 19.1 Å². The summed E-state index contributed by atoms with van der Waals surface area (Å²) < 4.78 is 7.33. The zero-order valence-corrected chi connectivity index (χ0v) is 18.4. The number of amides is 1. The molecule has 0 spiro atoms. The first-order chi connectivity index (χ1) is 15.1. The zero-order valence-electron chi connectivity index (χ0n) is 18.4. The van der Waals surface area contributed by atoms with Crippen molar-refractivity contribution in [3.8, 4) is 0 Å². The third-order valence-corrected chi connectivity index (χ3v) is 5.85. The van der Waals surface area contributed by atoms with E-state index in [-0.39, 0.29) is 12.0 Å². The smallest absolute Gasteiger partial charge is 0.253 e. The molecule has 0 bridgehead atoms. The summed E-state index contributed by atoms with van der Waals surface area (Å²) >= 11 is 0. The number of anilines is 1. The molecule has 4 rings (SSSR count). The molecule has 2 fully saturated rings. The molecular weight excluding hydrogens is 392 g/mol. The lowest BCUT2D eigenvalue weighted by atomic mass is 10.0. The van der Waals surface area contributed by atoms with Crippen molar-refractivity contribution in [2.75, 3.05) is 31.6 Å². The van der Waals surface area contributed by atoms with Gasteiger partial charge in [0.2, 0.25) is 0 Å². The summed E-state index contributed by atoms with van der Waals surface area (Å²) in [7, 11) is 1.96. The van der Waals surface area contributed by atoms with E-state index in [0.717, 1.165) is 56.1 Å². The molecule has 3 heterocycles. The fourth-order valence-electron chi connectivity index (χ4n) is 4.22. The highest BCUT2D eigenvalue weighted by Gasteiger charge is 2.27. The van der Waals surface area contributed by atoms with Crippen molar-refractivity contribution in [1.29, 1.82) is 0 Å². The number of ether oxygens (including phenoxy) is 1. The number of aryl methyl sites for hydroxylation is 1. The van der Waals surface area contributed by atoms with Crippen LogP contribution in [0.1, 0.15) is 43.2 Å². The lowest BCUT2D eigenvalue weighted by Crippen LogP contribution is -2.40. The fraction of sp³-hybridized carbons (Fsp3) is 0.522. The number of likely N-dealkylation sites (tertiary alicyclic amines) is 1. The quantitative estimate of drug-likeness (QED) is 0.550. The molecule has 8 nitrogen and oxygen atoms in total. The van der Waals surface area contributed by atoms with Crippen LogP contribution in [0.25, 0.3) is 0 Å². The predicted octanol–water partition coefficient (Wildman–Crippen LogP) is 2.49. The lowest BCUT2D eigenvalue weighted by molar-refractivity contribution is -0.124. The summed E-state index contributed by atoms with van der Waals surface area (Å²) in [6, 6.07) is 7.89. The van der Waals surface area contributed by atoms with Crippen LogP contribution in [0.2, 0.25) is 0 Å². The number of carbonyl (C=O) groups is 1. The van der Waals surface area contributed by atoms with Crippen molar-refractivity contribution in [2.45, 2.75) is 44.8 Å². The summed E-state index contributed by atoms with van der Waals surface area (Å²) in [5.41, 5.74) is 3.13. The molecule has 31 heavy (non-hydrogen) atoms. The van der Waals surface area contributed by atoms with Crippen LogP contribution >= 0.6 is 0 Å². The third kappa shape index (κ3) is 5.44. The molecule has 2 aliphatic heterocycles. The van der Waals surface area contributed by atoms with E-state index >= 15 is 0 Å². The van der Waals surface area contributed by atoms with E-state index in [1.165, 1.54) is 5.56 Å². The molecule has 1 aromatic carbocycles. The van der Waals surface area contributed by atoms with Crippen LogP contribution < -0.4 is 10.6 Å². The number of guanidine groups is 1. The number of nitrogens with zero attached hydrogens (tertiary/aromatic N) is 4. The van der Waals surface area contributed by atoms with Crippen LogP contribution in [-0.4, -0.2) is 58.9 Å². The molecule has 1 amide bonds. The second-order valence-electron chi connectivity index (χ2n) is 8.24. The minimum atomic E-state index is -0.329. The molecule has 2 atom stereocenters.